The number of aryl methyl sites for hydroxylation is 1. The normalized spacial score (nSPS) is 11.4. The fraction of sp³-hybridized carbons (Fsp3) is 0.692. The molecule has 0 unspecified atom stereocenters. The second-order valence-corrected chi connectivity index (χ2v) is 4.58. The van der Waals surface area contributed by atoms with Gasteiger partial charge in [-0.1, -0.05) is 13.8 Å². The van der Waals surface area contributed by atoms with Crippen LogP contribution in [0.2, 0.25) is 0 Å². The van der Waals surface area contributed by atoms with Gasteiger partial charge in [-0.05, 0) is 26.7 Å². The lowest BCUT2D eigenvalue weighted by molar-refractivity contribution is 0.325. The number of nitrogens with zero attached hydrogens (tertiary/aromatic N) is 2. The molecule has 1 rings (SSSR count). The lowest BCUT2D eigenvalue weighted by Gasteiger charge is -2.31. The zero-order valence-electron chi connectivity index (χ0n) is 11.6. The summed E-state index contributed by atoms with van der Waals surface area (Å²) in [7, 11) is 0. The van der Waals surface area contributed by atoms with Crippen molar-refractivity contribution >= 4 is 17.4 Å². The van der Waals surface area contributed by atoms with E-state index in [1.54, 1.807) is 0 Å². The average molecular weight is 272 g/mol. The highest BCUT2D eigenvalue weighted by molar-refractivity contribution is 6.18. The Balaban J connectivity index is 2.95. The molecular weight excluding hydrogens is 250 g/mol. The first-order valence-corrected chi connectivity index (χ1v) is 6.95. The molecule has 0 aliphatic carbocycles. The summed E-state index contributed by atoms with van der Waals surface area (Å²) in [5, 5.41) is 3.42. The minimum absolute atomic E-state index is 0.119. The molecule has 4 nitrogen and oxygen atoms in total. The third-order valence-electron chi connectivity index (χ3n) is 3.11. The third-order valence-corrected chi connectivity index (χ3v) is 3.62. The van der Waals surface area contributed by atoms with Crippen LogP contribution in [0.5, 0.6) is 5.88 Å². The van der Waals surface area contributed by atoms with Crippen molar-refractivity contribution in [3.63, 3.8) is 0 Å². The summed E-state index contributed by atoms with van der Waals surface area (Å²) in [6.45, 7) is 8.63. The minimum Gasteiger partial charge on any atom is -0.478 e. The molecule has 0 bridgehead atoms. The second-order valence-electron chi connectivity index (χ2n) is 4.32. The van der Waals surface area contributed by atoms with Crippen molar-refractivity contribution < 1.29 is 4.74 Å². The molecule has 0 spiro atoms. The van der Waals surface area contributed by atoms with Gasteiger partial charge in [0.05, 0.1) is 12.1 Å². The molecule has 0 saturated heterocycles. The minimum atomic E-state index is -0.119. The summed E-state index contributed by atoms with van der Waals surface area (Å²) in [5.74, 6) is 2.62. The van der Waals surface area contributed by atoms with Gasteiger partial charge in [-0.25, -0.2) is 4.98 Å². The zero-order chi connectivity index (χ0) is 13.6. The van der Waals surface area contributed by atoms with E-state index in [1.165, 1.54) is 0 Å². The van der Waals surface area contributed by atoms with Gasteiger partial charge in [0, 0.05) is 11.9 Å². The highest BCUT2D eigenvalue weighted by Gasteiger charge is 2.25. The average Bonchev–Trinajstić information content (AvgIpc) is 2.36. The van der Waals surface area contributed by atoms with Gasteiger partial charge in [-0.15, -0.1) is 11.6 Å². The first-order chi connectivity index (χ1) is 8.59. The molecule has 1 aromatic heterocycles. The molecule has 0 atom stereocenters. The number of rotatable bonds is 7. The lowest BCUT2D eigenvalue weighted by Crippen LogP contribution is -2.39. The molecule has 0 saturated carbocycles. The van der Waals surface area contributed by atoms with E-state index in [1.807, 2.05) is 19.9 Å². The van der Waals surface area contributed by atoms with Crippen LogP contribution in [0, 0.1) is 6.92 Å². The van der Waals surface area contributed by atoms with Gasteiger partial charge < -0.3 is 10.1 Å². The van der Waals surface area contributed by atoms with Crippen molar-refractivity contribution in [2.75, 3.05) is 17.8 Å². The van der Waals surface area contributed by atoms with Crippen LogP contribution in [-0.4, -0.2) is 28.0 Å². The lowest BCUT2D eigenvalue weighted by atomic mass is 9.95. The van der Waals surface area contributed by atoms with Crippen molar-refractivity contribution in [3.8, 4) is 5.88 Å². The van der Waals surface area contributed by atoms with Gasteiger partial charge in [0.15, 0.2) is 0 Å². The number of hydrogen-bond acceptors (Lipinski definition) is 4. The molecule has 1 heterocycles. The molecule has 1 N–H and O–H groups in total. The predicted molar refractivity (Wildman–Crippen MR) is 75.6 cm³/mol. The Morgan fingerprint density at radius 1 is 1.28 bits per heavy atom. The smallest absolute Gasteiger partial charge is 0.218 e. The fourth-order valence-corrected chi connectivity index (χ4v) is 2.19. The van der Waals surface area contributed by atoms with E-state index >= 15 is 0 Å². The highest BCUT2D eigenvalue weighted by Crippen LogP contribution is 2.24. The van der Waals surface area contributed by atoms with E-state index in [2.05, 4.69) is 29.1 Å². The monoisotopic (exact) mass is 271 g/mol. The van der Waals surface area contributed by atoms with Crippen molar-refractivity contribution in [2.24, 2.45) is 0 Å². The molecule has 0 aromatic carbocycles. The van der Waals surface area contributed by atoms with Crippen molar-refractivity contribution in [1.29, 1.82) is 0 Å². The van der Waals surface area contributed by atoms with Crippen molar-refractivity contribution in [1.82, 2.24) is 9.97 Å². The third kappa shape index (κ3) is 3.73. The van der Waals surface area contributed by atoms with Gasteiger partial charge in [0.25, 0.3) is 0 Å². The van der Waals surface area contributed by atoms with Crippen LogP contribution in [0.25, 0.3) is 0 Å². The second kappa shape index (κ2) is 6.78. The Morgan fingerprint density at radius 2 is 1.94 bits per heavy atom. The summed E-state index contributed by atoms with van der Waals surface area (Å²) in [6.07, 6.45) is 1.89. The summed E-state index contributed by atoms with van der Waals surface area (Å²) in [4.78, 5) is 8.61. The Bertz CT molecular complexity index is 372. The van der Waals surface area contributed by atoms with Gasteiger partial charge in [-0.3, -0.25) is 0 Å². The van der Waals surface area contributed by atoms with Gasteiger partial charge in [-0.2, -0.15) is 4.98 Å². The van der Waals surface area contributed by atoms with E-state index in [4.69, 9.17) is 16.3 Å². The molecule has 0 radical (unpaired) electrons. The van der Waals surface area contributed by atoms with Crippen LogP contribution >= 0.6 is 11.6 Å². The Hall–Kier alpha value is -1.03. The van der Waals surface area contributed by atoms with E-state index < -0.39 is 0 Å². The number of halogens is 1. The van der Waals surface area contributed by atoms with Crippen LogP contribution in [0.4, 0.5) is 5.82 Å². The van der Waals surface area contributed by atoms with E-state index in [0.29, 0.717) is 24.2 Å². The largest absolute Gasteiger partial charge is 0.478 e. The number of hydrogen-bond donors (Lipinski definition) is 1. The van der Waals surface area contributed by atoms with Gasteiger partial charge in [0.2, 0.25) is 5.88 Å². The number of aromatic nitrogens is 2. The molecule has 0 aliphatic heterocycles. The van der Waals surface area contributed by atoms with Crippen LogP contribution in [-0.2, 0) is 0 Å². The molecule has 1 aromatic rings. The summed E-state index contributed by atoms with van der Waals surface area (Å²) in [6, 6.07) is 1.82. The first kappa shape index (κ1) is 15.0. The Labute approximate surface area is 114 Å². The van der Waals surface area contributed by atoms with Crippen LogP contribution in [0.15, 0.2) is 6.07 Å². The van der Waals surface area contributed by atoms with Crippen molar-refractivity contribution in [2.45, 2.75) is 46.1 Å². The maximum absolute atomic E-state index is 6.08. The van der Waals surface area contributed by atoms with Gasteiger partial charge in [0.1, 0.15) is 11.6 Å². The maximum Gasteiger partial charge on any atom is 0.218 e. The zero-order valence-corrected chi connectivity index (χ0v) is 12.3. The SMILES string of the molecule is CCOc1cc(NC(CC)(CC)CCl)nc(C)n1. The molecule has 102 valence electrons. The van der Waals surface area contributed by atoms with E-state index in [0.717, 1.165) is 18.7 Å². The van der Waals surface area contributed by atoms with Crippen molar-refractivity contribution in [3.05, 3.63) is 11.9 Å². The van der Waals surface area contributed by atoms with E-state index in [-0.39, 0.29) is 5.54 Å². The predicted octanol–water partition coefficient (Wildman–Crippen LogP) is 3.39. The van der Waals surface area contributed by atoms with Crippen LogP contribution < -0.4 is 10.1 Å². The molecular formula is C13H22ClN3O. The Morgan fingerprint density at radius 3 is 2.44 bits per heavy atom. The summed E-state index contributed by atoms with van der Waals surface area (Å²) < 4.78 is 5.42. The standard InChI is InChI=1S/C13H22ClN3O/c1-5-13(6-2,9-14)17-11-8-12(18-7-3)16-10(4)15-11/h8H,5-7,9H2,1-4H3,(H,15,16,17). The number of nitrogens with one attached hydrogen (secondary N) is 1. The van der Waals surface area contributed by atoms with Crippen LogP contribution in [0.3, 0.4) is 0 Å². The maximum atomic E-state index is 6.08. The topological polar surface area (TPSA) is 47.0 Å². The molecule has 18 heavy (non-hydrogen) atoms. The molecule has 5 heteroatoms. The summed E-state index contributed by atoms with van der Waals surface area (Å²) >= 11 is 6.08. The summed E-state index contributed by atoms with van der Waals surface area (Å²) in [5.41, 5.74) is -0.119. The number of ether oxygens (including phenoxy) is 1. The molecule has 0 amide bonds. The molecule has 0 aliphatic rings. The van der Waals surface area contributed by atoms with E-state index in [9.17, 15) is 0 Å². The van der Waals surface area contributed by atoms with Crippen LogP contribution in [0.1, 0.15) is 39.4 Å². The highest BCUT2D eigenvalue weighted by atomic mass is 35.5. The Kier molecular flexibility index (Phi) is 5.66. The number of alkyl halides is 1. The molecule has 0 fully saturated rings. The number of anilines is 1. The quantitative estimate of drug-likeness (QED) is 0.772. The first-order valence-electron chi connectivity index (χ1n) is 6.41. The van der Waals surface area contributed by atoms with Gasteiger partial charge >= 0.3 is 0 Å². The fourth-order valence-electron chi connectivity index (χ4n) is 1.75.